The Morgan fingerprint density at radius 2 is 2.09 bits per heavy atom. The molecule has 0 aliphatic carbocycles. The maximum atomic E-state index is 10.9. The van der Waals surface area contributed by atoms with Crippen molar-refractivity contribution < 1.29 is 4.79 Å². The summed E-state index contributed by atoms with van der Waals surface area (Å²) in [6.07, 6.45) is 2.25. The molecule has 0 saturated carbocycles. The number of aromatic nitrogens is 2. The predicted molar refractivity (Wildman–Crippen MR) is 89.9 cm³/mol. The molecule has 1 saturated heterocycles. The second-order valence-electron chi connectivity index (χ2n) is 6.23. The Morgan fingerprint density at radius 3 is 2.83 bits per heavy atom. The SMILES string of the molecule is Cc1nc2ccccc2nc1CN1CCC[C@H](CNC(N)=O)C1. The quantitative estimate of drug-likeness (QED) is 0.902. The van der Waals surface area contributed by atoms with Crippen LogP contribution in [0, 0.1) is 12.8 Å². The number of aryl methyl sites for hydroxylation is 1. The molecule has 122 valence electrons. The highest BCUT2D eigenvalue weighted by Gasteiger charge is 2.21. The summed E-state index contributed by atoms with van der Waals surface area (Å²) in [5.41, 5.74) is 9.06. The standard InChI is InChI=1S/C17H23N5O/c1-12-16(21-15-7-3-2-6-14(15)20-12)11-22-8-4-5-13(10-22)9-19-17(18)23/h2-3,6-7,13H,4-5,8-11H2,1H3,(H3,18,19,23)/t13-/m1/s1. The maximum absolute atomic E-state index is 10.9. The molecule has 6 nitrogen and oxygen atoms in total. The summed E-state index contributed by atoms with van der Waals surface area (Å²) in [5, 5.41) is 2.72. The van der Waals surface area contributed by atoms with Crippen LogP contribution in [0.5, 0.6) is 0 Å². The summed E-state index contributed by atoms with van der Waals surface area (Å²) >= 11 is 0. The molecule has 0 bridgehead atoms. The molecule has 23 heavy (non-hydrogen) atoms. The average molecular weight is 313 g/mol. The van der Waals surface area contributed by atoms with Gasteiger partial charge in [-0.1, -0.05) is 12.1 Å². The van der Waals surface area contributed by atoms with Crippen LogP contribution in [-0.2, 0) is 6.54 Å². The Labute approximate surface area is 136 Å². The number of carbonyl (C=O) groups excluding carboxylic acids is 1. The Kier molecular flexibility index (Phi) is 4.71. The topological polar surface area (TPSA) is 84.1 Å². The van der Waals surface area contributed by atoms with Crippen LogP contribution >= 0.6 is 0 Å². The zero-order chi connectivity index (χ0) is 16.2. The molecule has 3 N–H and O–H groups in total. The van der Waals surface area contributed by atoms with Crippen molar-refractivity contribution in [2.24, 2.45) is 11.7 Å². The van der Waals surface area contributed by atoms with Crippen LogP contribution in [0.15, 0.2) is 24.3 Å². The first-order valence-corrected chi connectivity index (χ1v) is 8.10. The summed E-state index contributed by atoms with van der Waals surface area (Å²) in [4.78, 5) is 22.7. The summed E-state index contributed by atoms with van der Waals surface area (Å²) in [6.45, 7) is 5.48. The lowest BCUT2D eigenvalue weighted by Gasteiger charge is -2.32. The number of para-hydroxylation sites is 2. The monoisotopic (exact) mass is 313 g/mol. The Morgan fingerprint density at radius 1 is 1.35 bits per heavy atom. The van der Waals surface area contributed by atoms with E-state index in [1.807, 2.05) is 31.2 Å². The van der Waals surface area contributed by atoms with E-state index in [4.69, 9.17) is 10.7 Å². The second kappa shape index (κ2) is 6.91. The van der Waals surface area contributed by atoms with Gasteiger partial charge in [-0.3, -0.25) is 4.90 Å². The molecule has 1 atom stereocenters. The van der Waals surface area contributed by atoms with Gasteiger partial charge in [-0.15, -0.1) is 0 Å². The fourth-order valence-electron chi connectivity index (χ4n) is 3.19. The van der Waals surface area contributed by atoms with Gasteiger partial charge in [-0.05, 0) is 44.4 Å². The van der Waals surface area contributed by atoms with Crippen molar-refractivity contribution in [2.45, 2.75) is 26.3 Å². The molecule has 1 aliphatic rings. The minimum absolute atomic E-state index is 0.446. The molecule has 1 aliphatic heterocycles. The number of carbonyl (C=O) groups is 1. The predicted octanol–water partition coefficient (Wildman–Crippen LogP) is 1.82. The third-order valence-corrected chi connectivity index (χ3v) is 4.38. The lowest BCUT2D eigenvalue weighted by atomic mass is 9.98. The van der Waals surface area contributed by atoms with Gasteiger partial charge in [0.15, 0.2) is 0 Å². The molecule has 2 heterocycles. The lowest BCUT2D eigenvalue weighted by molar-refractivity contribution is 0.164. The third-order valence-electron chi connectivity index (χ3n) is 4.38. The van der Waals surface area contributed by atoms with Gasteiger partial charge in [-0.2, -0.15) is 0 Å². The van der Waals surface area contributed by atoms with Crippen LogP contribution in [0.2, 0.25) is 0 Å². The minimum Gasteiger partial charge on any atom is -0.352 e. The first-order chi connectivity index (χ1) is 11.1. The average Bonchev–Trinajstić information content (AvgIpc) is 2.54. The zero-order valence-electron chi connectivity index (χ0n) is 13.5. The van der Waals surface area contributed by atoms with Crippen LogP contribution in [0.3, 0.4) is 0 Å². The van der Waals surface area contributed by atoms with E-state index < -0.39 is 6.03 Å². The molecule has 1 fully saturated rings. The molecule has 0 radical (unpaired) electrons. The summed E-state index contributed by atoms with van der Waals surface area (Å²) < 4.78 is 0. The molecule has 1 aromatic carbocycles. The van der Waals surface area contributed by atoms with Gasteiger partial charge in [-0.25, -0.2) is 14.8 Å². The fourth-order valence-corrected chi connectivity index (χ4v) is 3.19. The smallest absolute Gasteiger partial charge is 0.312 e. The number of benzene rings is 1. The van der Waals surface area contributed by atoms with Gasteiger partial charge in [0.25, 0.3) is 0 Å². The summed E-state index contributed by atoms with van der Waals surface area (Å²) in [6, 6.07) is 7.52. The first kappa shape index (κ1) is 15.7. The molecule has 1 aromatic heterocycles. The highest BCUT2D eigenvalue weighted by atomic mass is 16.2. The first-order valence-electron chi connectivity index (χ1n) is 8.10. The van der Waals surface area contributed by atoms with Crippen molar-refractivity contribution in [2.75, 3.05) is 19.6 Å². The van der Waals surface area contributed by atoms with E-state index in [2.05, 4.69) is 15.2 Å². The largest absolute Gasteiger partial charge is 0.352 e. The molecule has 0 spiro atoms. The van der Waals surface area contributed by atoms with Crippen molar-refractivity contribution in [3.63, 3.8) is 0 Å². The number of hydrogen-bond donors (Lipinski definition) is 2. The molecular formula is C17H23N5O. The van der Waals surface area contributed by atoms with E-state index in [1.165, 1.54) is 0 Å². The highest BCUT2D eigenvalue weighted by Crippen LogP contribution is 2.19. The Balaban J connectivity index is 1.68. The van der Waals surface area contributed by atoms with Gasteiger partial charge >= 0.3 is 6.03 Å². The molecule has 3 rings (SSSR count). The van der Waals surface area contributed by atoms with Crippen LogP contribution in [0.4, 0.5) is 4.79 Å². The number of likely N-dealkylation sites (tertiary alicyclic amines) is 1. The second-order valence-corrected chi connectivity index (χ2v) is 6.23. The van der Waals surface area contributed by atoms with E-state index in [0.717, 1.165) is 54.9 Å². The zero-order valence-corrected chi connectivity index (χ0v) is 13.5. The number of nitrogens with two attached hydrogens (primary N) is 1. The van der Waals surface area contributed by atoms with E-state index in [1.54, 1.807) is 0 Å². The molecular weight excluding hydrogens is 290 g/mol. The molecule has 2 amide bonds. The number of nitrogens with one attached hydrogen (secondary N) is 1. The van der Waals surface area contributed by atoms with Crippen molar-refractivity contribution in [1.29, 1.82) is 0 Å². The van der Waals surface area contributed by atoms with E-state index >= 15 is 0 Å². The van der Waals surface area contributed by atoms with Crippen LogP contribution in [0.25, 0.3) is 11.0 Å². The highest BCUT2D eigenvalue weighted by molar-refractivity contribution is 5.74. The molecule has 0 unspecified atom stereocenters. The van der Waals surface area contributed by atoms with Gasteiger partial charge in [0, 0.05) is 19.6 Å². The summed E-state index contributed by atoms with van der Waals surface area (Å²) in [7, 11) is 0. The van der Waals surface area contributed by atoms with E-state index in [0.29, 0.717) is 12.5 Å². The number of amides is 2. The van der Waals surface area contributed by atoms with Crippen molar-refractivity contribution in [3.05, 3.63) is 35.7 Å². The fraction of sp³-hybridized carbons (Fsp3) is 0.471. The Hall–Kier alpha value is -2.21. The van der Waals surface area contributed by atoms with Crippen LogP contribution in [0.1, 0.15) is 24.2 Å². The number of piperidine rings is 1. The molecule has 6 heteroatoms. The van der Waals surface area contributed by atoms with Crippen LogP contribution in [-0.4, -0.2) is 40.5 Å². The number of rotatable bonds is 4. The van der Waals surface area contributed by atoms with Crippen molar-refractivity contribution in [1.82, 2.24) is 20.2 Å². The van der Waals surface area contributed by atoms with E-state index in [9.17, 15) is 4.79 Å². The van der Waals surface area contributed by atoms with Gasteiger partial charge in [0.2, 0.25) is 0 Å². The van der Waals surface area contributed by atoms with Gasteiger partial charge < -0.3 is 11.1 Å². The summed E-state index contributed by atoms with van der Waals surface area (Å²) in [5.74, 6) is 0.449. The third kappa shape index (κ3) is 3.96. The number of hydrogen-bond acceptors (Lipinski definition) is 4. The van der Waals surface area contributed by atoms with Gasteiger partial charge in [0.05, 0.1) is 22.4 Å². The van der Waals surface area contributed by atoms with E-state index in [-0.39, 0.29) is 0 Å². The number of urea groups is 1. The number of nitrogens with zero attached hydrogens (tertiary/aromatic N) is 3. The van der Waals surface area contributed by atoms with Crippen molar-refractivity contribution in [3.8, 4) is 0 Å². The normalized spacial score (nSPS) is 18.9. The minimum atomic E-state index is -0.446. The van der Waals surface area contributed by atoms with Crippen LogP contribution < -0.4 is 11.1 Å². The lowest BCUT2D eigenvalue weighted by Crippen LogP contribution is -2.42. The van der Waals surface area contributed by atoms with Crippen molar-refractivity contribution >= 4 is 17.1 Å². The molecule has 2 aromatic rings. The van der Waals surface area contributed by atoms with Gasteiger partial charge in [0.1, 0.15) is 0 Å². The number of fused-ring (bicyclic) bond motifs is 1. The maximum Gasteiger partial charge on any atom is 0.312 e. The Bertz CT molecular complexity index is 702. The number of primary amides is 1.